The second-order valence-corrected chi connectivity index (χ2v) is 8.29. The molecule has 0 aromatic heterocycles. The smallest absolute Gasteiger partial charge is 0.265 e. The first-order valence-electron chi connectivity index (χ1n) is 11.7. The highest BCUT2D eigenvalue weighted by Crippen LogP contribution is 2.24. The van der Waals surface area contributed by atoms with Crippen molar-refractivity contribution >= 4 is 17.5 Å². The number of hydrogen-bond donors (Lipinski definition) is 1. The highest BCUT2D eigenvalue weighted by Gasteiger charge is 2.24. The van der Waals surface area contributed by atoms with Crippen LogP contribution < -0.4 is 10.1 Å². The average molecular weight is 443 g/mol. The summed E-state index contributed by atoms with van der Waals surface area (Å²) in [6.45, 7) is 3.44. The van der Waals surface area contributed by atoms with Crippen LogP contribution in [0.15, 0.2) is 78.9 Å². The Labute approximate surface area is 195 Å². The molecule has 1 N–H and O–H groups in total. The Hall–Kier alpha value is -3.60. The van der Waals surface area contributed by atoms with Crippen molar-refractivity contribution in [1.82, 2.24) is 4.90 Å². The van der Waals surface area contributed by atoms with Crippen molar-refractivity contribution in [2.24, 2.45) is 0 Å². The first kappa shape index (κ1) is 22.6. The zero-order chi connectivity index (χ0) is 23.0. The van der Waals surface area contributed by atoms with Crippen molar-refractivity contribution in [3.05, 3.63) is 84.4 Å². The highest BCUT2D eigenvalue weighted by atomic mass is 16.5. The third-order valence-corrected chi connectivity index (χ3v) is 5.96. The van der Waals surface area contributed by atoms with E-state index in [9.17, 15) is 9.59 Å². The first-order chi connectivity index (χ1) is 16.2. The summed E-state index contributed by atoms with van der Waals surface area (Å²) < 4.78 is 6.00. The van der Waals surface area contributed by atoms with Crippen LogP contribution in [0.25, 0.3) is 11.1 Å². The van der Waals surface area contributed by atoms with Crippen LogP contribution >= 0.6 is 0 Å². The molecule has 1 aliphatic rings. The van der Waals surface area contributed by atoms with Crippen molar-refractivity contribution in [2.45, 2.75) is 38.7 Å². The van der Waals surface area contributed by atoms with E-state index in [-0.39, 0.29) is 11.8 Å². The Morgan fingerprint density at radius 2 is 1.48 bits per heavy atom. The van der Waals surface area contributed by atoms with Gasteiger partial charge in [-0.2, -0.15) is 0 Å². The average Bonchev–Trinajstić information content (AvgIpc) is 2.88. The van der Waals surface area contributed by atoms with E-state index in [1.54, 1.807) is 12.1 Å². The van der Waals surface area contributed by atoms with E-state index in [4.69, 9.17) is 4.74 Å². The van der Waals surface area contributed by atoms with Crippen molar-refractivity contribution in [3.63, 3.8) is 0 Å². The zero-order valence-corrected chi connectivity index (χ0v) is 19.0. The number of ether oxygens (including phenoxy) is 1. The van der Waals surface area contributed by atoms with Gasteiger partial charge in [0.15, 0.2) is 6.10 Å². The quantitative estimate of drug-likeness (QED) is 0.505. The van der Waals surface area contributed by atoms with Crippen LogP contribution in [0.1, 0.15) is 43.0 Å². The number of rotatable bonds is 7. The van der Waals surface area contributed by atoms with Gasteiger partial charge in [0.05, 0.1) is 11.3 Å². The van der Waals surface area contributed by atoms with Gasteiger partial charge >= 0.3 is 0 Å². The summed E-state index contributed by atoms with van der Waals surface area (Å²) in [5, 5.41) is 2.93. The van der Waals surface area contributed by atoms with Crippen LogP contribution in [-0.4, -0.2) is 35.9 Å². The van der Waals surface area contributed by atoms with Crippen LogP contribution in [0.3, 0.4) is 0 Å². The SMILES string of the molecule is CCC(Oc1ccc(-c2ccccc2)cc1)C(=O)Nc1ccccc1C(=O)N1CCCCC1. The molecule has 2 amide bonds. The highest BCUT2D eigenvalue weighted by molar-refractivity contribution is 6.04. The minimum atomic E-state index is -0.661. The molecule has 0 aliphatic carbocycles. The lowest BCUT2D eigenvalue weighted by Gasteiger charge is -2.27. The number of carbonyl (C=O) groups excluding carboxylic acids is 2. The maximum Gasteiger partial charge on any atom is 0.265 e. The molecular formula is C28H30N2O3. The van der Waals surface area contributed by atoms with E-state index in [2.05, 4.69) is 17.4 Å². The standard InChI is InChI=1S/C28H30N2O3/c1-2-26(33-23-17-15-22(16-18-23)21-11-5-3-6-12-21)27(31)29-25-14-8-7-13-24(25)28(32)30-19-9-4-10-20-30/h3,5-8,11-18,26H,2,4,9-10,19-20H2,1H3,(H,29,31). The summed E-state index contributed by atoms with van der Waals surface area (Å²) in [7, 11) is 0. The molecule has 1 heterocycles. The van der Waals surface area contributed by atoms with E-state index in [0.717, 1.165) is 43.5 Å². The molecule has 5 nitrogen and oxygen atoms in total. The summed E-state index contributed by atoms with van der Waals surface area (Å²) >= 11 is 0. The fourth-order valence-corrected chi connectivity index (χ4v) is 4.10. The van der Waals surface area contributed by atoms with E-state index in [0.29, 0.717) is 23.4 Å². The fraction of sp³-hybridized carbons (Fsp3) is 0.286. The van der Waals surface area contributed by atoms with Gasteiger partial charge < -0.3 is 15.0 Å². The number of piperidine rings is 1. The zero-order valence-electron chi connectivity index (χ0n) is 19.0. The summed E-state index contributed by atoms with van der Waals surface area (Å²) in [6.07, 6.45) is 3.05. The minimum Gasteiger partial charge on any atom is -0.481 e. The predicted molar refractivity (Wildman–Crippen MR) is 131 cm³/mol. The molecule has 1 aliphatic heterocycles. The van der Waals surface area contributed by atoms with Gasteiger partial charge in [0.2, 0.25) is 0 Å². The fourth-order valence-electron chi connectivity index (χ4n) is 4.10. The number of amides is 2. The van der Waals surface area contributed by atoms with Crippen LogP contribution in [0, 0.1) is 0 Å². The molecule has 0 saturated carbocycles. The maximum atomic E-state index is 13.0. The van der Waals surface area contributed by atoms with Gasteiger partial charge in [-0.25, -0.2) is 0 Å². The Balaban J connectivity index is 1.44. The van der Waals surface area contributed by atoms with Crippen molar-refractivity contribution in [1.29, 1.82) is 0 Å². The predicted octanol–water partition coefficient (Wildman–Crippen LogP) is 5.78. The number of likely N-dealkylation sites (tertiary alicyclic amines) is 1. The van der Waals surface area contributed by atoms with Crippen molar-refractivity contribution in [3.8, 4) is 16.9 Å². The van der Waals surface area contributed by atoms with Crippen molar-refractivity contribution in [2.75, 3.05) is 18.4 Å². The molecule has 1 fully saturated rings. The van der Waals surface area contributed by atoms with Crippen LogP contribution in [0.5, 0.6) is 5.75 Å². The number of carbonyl (C=O) groups is 2. The summed E-state index contributed by atoms with van der Waals surface area (Å²) in [4.78, 5) is 27.9. The molecular weight excluding hydrogens is 412 g/mol. The number of hydrogen-bond acceptors (Lipinski definition) is 3. The van der Waals surface area contributed by atoms with Gasteiger partial charge in [0, 0.05) is 13.1 Å². The second-order valence-electron chi connectivity index (χ2n) is 8.29. The van der Waals surface area contributed by atoms with E-state index in [1.807, 2.05) is 66.4 Å². The molecule has 4 rings (SSSR count). The largest absolute Gasteiger partial charge is 0.481 e. The van der Waals surface area contributed by atoms with Gasteiger partial charge in [-0.1, -0.05) is 61.5 Å². The lowest BCUT2D eigenvalue weighted by atomic mass is 10.1. The summed E-state index contributed by atoms with van der Waals surface area (Å²) in [5.41, 5.74) is 3.27. The Morgan fingerprint density at radius 3 is 2.18 bits per heavy atom. The number of para-hydroxylation sites is 1. The topological polar surface area (TPSA) is 58.6 Å². The van der Waals surface area contributed by atoms with E-state index in [1.165, 1.54) is 0 Å². The molecule has 33 heavy (non-hydrogen) atoms. The van der Waals surface area contributed by atoms with Crippen LogP contribution in [-0.2, 0) is 4.79 Å². The summed E-state index contributed by atoms with van der Waals surface area (Å²) in [5.74, 6) is 0.342. The number of anilines is 1. The Kier molecular flexibility index (Phi) is 7.40. The Bertz CT molecular complexity index is 1070. The summed E-state index contributed by atoms with van der Waals surface area (Å²) in [6, 6.07) is 25.1. The molecule has 3 aromatic rings. The minimum absolute atomic E-state index is 0.0314. The number of benzene rings is 3. The molecule has 1 unspecified atom stereocenters. The van der Waals surface area contributed by atoms with Crippen LogP contribution in [0.4, 0.5) is 5.69 Å². The van der Waals surface area contributed by atoms with Gasteiger partial charge in [-0.15, -0.1) is 0 Å². The molecule has 0 bridgehead atoms. The van der Waals surface area contributed by atoms with Crippen molar-refractivity contribution < 1.29 is 14.3 Å². The molecule has 5 heteroatoms. The third kappa shape index (κ3) is 5.61. The molecule has 0 radical (unpaired) electrons. The lowest BCUT2D eigenvalue weighted by molar-refractivity contribution is -0.122. The molecule has 1 saturated heterocycles. The van der Waals surface area contributed by atoms with Crippen LogP contribution in [0.2, 0.25) is 0 Å². The van der Waals surface area contributed by atoms with Gasteiger partial charge in [0.1, 0.15) is 5.75 Å². The second kappa shape index (κ2) is 10.8. The number of nitrogens with one attached hydrogen (secondary N) is 1. The molecule has 1 atom stereocenters. The normalized spacial score (nSPS) is 14.4. The molecule has 3 aromatic carbocycles. The van der Waals surface area contributed by atoms with E-state index >= 15 is 0 Å². The Morgan fingerprint density at radius 1 is 0.848 bits per heavy atom. The maximum absolute atomic E-state index is 13.0. The first-order valence-corrected chi connectivity index (χ1v) is 11.7. The number of nitrogens with zero attached hydrogens (tertiary/aromatic N) is 1. The molecule has 0 spiro atoms. The lowest BCUT2D eigenvalue weighted by Crippen LogP contribution is -2.37. The monoisotopic (exact) mass is 442 g/mol. The third-order valence-electron chi connectivity index (χ3n) is 5.96. The molecule has 170 valence electrons. The van der Waals surface area contributed by atoms with Gasteiger partial charge in [0.25, 0.3) is 11.8 Å². The van der Waals surface area contributed by atoms with Gasteiger partial charge in [-0.3, -0.25) is 9.59 Å². The van der Waals surface area contributed by atoms with E-state index < -0.39 is 6.10 Å². The van der Waals surface area contributed by atoms with Gasteiger partial charge in [-0.05, 0) is 61.1 Å².